The zero-order valence-electron chi connectivity index (χ0n) is 21.7. The Hall–Kier alpha value is -2.25. The Morgan fingerprint density at radius 1 is 0.833 bits per heavy atom. The number of aryl methyl sites for hydroxylation is 1. The average Bonchev–Trinajstić information content (AvgIpc) is 3.63. The van der Waals surface area contributed by atoms with E-state index in [0.717, 1.165) is 18.4 Å². The highest BCUT2D eigenvalue weighted by molar-refractivity contribution is 7.89. The maximum atomic E-state index is 13.8. The minimum atomic E-state index is -3.60. The standard InChI is InChI=1S/C30H37NO3SSi/c1-23-15-17-27(18-16-23)35(32,33)31-21-25-19-24(25)20-26(31)22-34-36(30(2,3)4,28-11-7-5-8-12-28)29-13-9-6-10-14-29/h5-18,24-26H,19-22H2,1-4H3/t24?,25-,26-/m0/s1. The van der Waals surface area contributed by atoms with Gasteiger partial charge in [-0.25, -0.2) is 8.42 Å². The fraction of sp³-hybridized carbons (Fsp3) is 0.400. The van der Waals surface area contributed by atoms with E-state index >= 15 is 0 Å². The molecule has 190 valence electrons. The van der Waals surface area contributed by atoms with Crippen LogP contribution in [0.25, 0.3) is 0 Å². The lowest BCUT2D eigenvalue weighted by Gasteiger charge is -2.45. The van der Waals surface area contributed by atoms with Gasteiger partial charge in [0.15, 0.2) is 0 Å². The molecule has 1 aliphatic carbocycles. The molecule has 0 radical (unpaired) electrons. The summed E-state index contributed by atoms with van der Waals surface area (Å²) < 4.78 is 36.6. The van der Waals surface area contributed by atoms with Gasteiger partial charge >= 0.3 is 0 Å². The van der Waals surface area contributed by atoms with Crippen LogP contribution in [0, 0.1) is 18.8 Å². The van der Waals surface area contributed by atoms with E-state index in [9.17, 15) is 8.42 Å². The topological polar surface area (TPSA) is 46.6 Å². The summed E-state index contributed by atoms with van der Waals surface area (Å²) in [5.74, 6) is 1.09. The van der Waals surface area contributed by atoms with Crippen LogP contribution in [0.3, 0.4) is 0 Å². The highest BCUT2D eigenvalue weighted by atomic mass is 32.2. The molecule has 6 heteroatoms. The van der Waals surface area contributed by atoms with E-state index in [1.807, 2.05) is 31.2 Å². The zero-order chi connectivity index (χ0) is 25.6. The molecule has 0 bridgehead atoms. The van der Waals surface area contributed by atoms with Gasteiger partial charge in [-0.15, -0.1) is 0 Å². The number of fused-ring (bicyclic) bond motifs is 1. The normalized spacial score (nSPS) is 22.7. The molecule has 0 N–H and O–H groups in total. The van der Waals surface area contributed by atoms with Crippen LogP contribution in [0.5, 0.6) is 0 Å². The Morgan fingerprint density at radius 3 is 1.92 bits per heavy atom. The first-order valence-corrected chi connectivity index (χ1v) is 16.3. The Morgan fingerprint density at radius 2 is 1.39 bits per heavy atom. The van der Waals surface area contributed by atoms with Crippen molar-refractivity contribution in [3.63, 3.8) is 0 Å². The van der Waals surface area contributed by atoms with Crippen molar-refractivity contribution >= 4 is 28.7 Å². The Labute approximate surface area is 217 Å². The lowest BCUT2D eigenvalue weighted by molar-refractivity contribution is 0.157. The fourth-order valence-corrected chi connectivity index (χ4v) is 12.2. The van der Waals surface area contributed by atoms with Crippen LogP contribution in [0.15, 0.2) is 89.8 Å². The molecule has 1 aliphatic heterocycles. The first kappa shape index (κ1) is 25.4. The molecule has 0 spiro atoms. The van der Waals surface area contributed by atoms with Gasteiger partial charge in [0.05, 0.1) is 11.5 Å². The van der Waals surface area contributed by atoms with E-state index < -0.39 is 18.3 Å². The van der Waals surface area contributed by atoms with Crippen LogP contribution < -0.4 is 10.4 Å². The number of sulfonamides is 1. The van der Waals surface area contributed by atoms with Gasteiger partial charge in [-0.05, 0) is 59.1 Å². The second-order valence-corrected chi connectivity index (χ2v) is 17.7. The third kappa shape index (κ3) is 4.60. The number of piperidine rings is 1. The average molecular weight is 520 g/mol. The second-order valence-electron chi connectivity index (χ2n) is 11.5. The molecular formula is C30H37NO3SSi. The van der Waals surface area contributed by atoms with Gasteiger partial charge in [-0.2, -0.15) is 4.31 Å². The summed E-state index contributed by atoms with van der Waals surface area (Å²) in [6.45, 7) is 9.76. The van der Waals surface area contributed by atoms with Crippen LogP contribution in [0.2, 0.25) is 5.04 Å². The van der Waals surface area contributed by atoms with Crippen molar-refractivity contribution in [3.05, 3.63) is 90.5 Å². The molecule has 3 aromatic carbocycles. The van der Waals surface area contributed by atoms with Gasteiger partial charge in [-0.1, -0.05) is 99.1 Å². The van der Waals surface area contributed by atoms with Gasteiger partial charge < -0.3 is 4.43 Å². The molecule has 4 nitrogen and oxygen atoms in total. The van der Waals surface area contributed by atoms with Crippen LogP contribution in [0.1, 0.15) is 39.2 Å². The van der Waals surface area contributed by atoms with Crippen molar-refractivity contribution in [1.29, 1.82) is 0 Å². The zero-order valence-corrected chi connectivity index (χ0v) is 23.5. The molecule has 36 heavy (non-hydrogen) atoms. The molecule has 1 saturated heterocycles. The Kier molecular flexibility index (Phi) is 6.75. The molecule has 3 aromatic rings. The second kappa shape index (κ2) is 9.56. The van der Waals surface area contributed by atoms with E-state index in [1.165, 1.54) is 10.4 Å². The molecule has 2 aliphatic rings. The molecular weight excluding hydrogens is 482 g/mol. The maximum Gasteiger partial charge on any atom is 0.261 e. The first-order valence-electron chi connectivity index (χ1n) is 13.0. The smallest absolute Gasteiger partial charge is 0.261 e. The van der Waals surface area contributed by atoms with Crippen molar-refractivity contribution in [2.75, 3.05) is 13.2 Å². The van der Waals surface area contributed by atoms with Gasteiger partial charge in [-0.3, -0.25) is 0 Å². The molecule has 1 saturated carbocycles. The molecule has 2 fully saturated rings. The summed E-state index contributed by atoms with van der Waals surface area (Å²) in [5.41, 5.74) is 1.06. The van der Waals surface area contributed by atoms with Gasteiger partial charge in [0.25, 0.3) is 8.32 Å². The van der Waals surface area contributed by atoms with Crippen LogP contribution >= 0.6 is 0 Å². The maximum absolute atomic E-state index is 13.8. The lowest BCUT2D eigenvalue weighted by atomic mass is 10.1. The summed E-state index contributed by atoms with van der Waals surface area (Å²) in [4.78, 5) is 0.377. The van der Waals surface area contributed by atoms with Gasteiger partial charge in [0.1, 0.15) is 0 Å². The van der Waals surface area contributed by atoms with Crippen LogP contribution in [-0.4, -0.2) is 40.2 Å². The van der Waals surface area contributed by atoms with E-state index in [2.05, 4.69) is 69.3 Å². The van der Waals surface area contributed by atoms with Crippen molar-refractivity contribution in [2.45, 2.75) is 56.5 Å². The molecule has 3 atom stereocenters. The SMILES string of the molecule is Cc1ccc(S(=O)(=O)N2C[C@@H]3CC3C[C@H]2CO[Si](c2ccccc2)(c2ccccc2)C(C)(C)C)cc1. The summed E-state index contributed by atoms with van der Waals surface area (Å²) >= 11 is 0. The fourth-order valence-electron chi connectivity index (χ4n) is 5.94. The predicted octanol–water partition coefficient (Wildman–Crippen LogP) is 4.97. The highest BCUT2D eigenvalue weighted by Gasteiger charge is 2.53. The molecule has 1 unspecified atom stereocenters. The van der Waals surface area contributed by atoms with Crippen molar-refractivity contribution in [2.24, 2.45) is 11.8 Å². The lowest BCUT2D eigenvalue weighted by Crippen LogP contribution is -2.67. The van der Waals surface area contributed by atoms with E-state index in [-0.39, 0.29) is 11.1 Å². The first-order chi connectivity index (χ1) is 17.1. The number of benzene rings is 3. The third-order valence-electron chi connectivity index (χ3n) is 8.00. The summed E-state index contributed by atoms with van der Waals surface area (Å²) in [5, 5.41) is 2.29. The predicted molar refractivity (Wildman–Crippen MR) is 149 cm³/mol. The summed E-state index contributed by atoms with van der Waals surface area (Å²) in [6.07, 6.45) is 1.99. The largest absolute Gasteiger partial charge is 0.406 e. The summed E-state index contributed by atoms with van der Waals surface area (Å²) in [6, 6.07) is 28.2. The molecule has 1 heterocycles. The van der Waals surface area contributed by atoms with Gasteiger partial charge in [0.2, 0.25) is 10.0 Å². The molecule has 0 amide bonds. The van der Waals surface area contributed by atoms with Crippen LogP contribution in [-0.2, 0) is 14.4 Å². The van der Waals surface area contributed by atoms with E-state index in [0.29, 0.717) is 29.9 Å². The molecule has 0 aromatic heterocycles. The van der Waals surface area contributed by atoms with E-state index in [1.54, 1.807) is 16.4 Å². The Bertz CT molecular complexity index is 1250. The molecule has 5 rings (SSSR count). The van der Waals surface area contributed by atoms with Crippen molar-refractivity contribution in [1.82, 2.24) is 4.31 Å². The van der Waals surface area contributed by atoms with Crippen molar-refractivity contribution in [3.8, 4) is 0 Å². The minimum Gasteiger partial charge on any atom is -0.406 e. The number of hydrogen-bond donors (Lipinski definition) is 0. The third-order valence-corrected chi connectivity index (χ3v) is 14.9. The Balaban J connectivity index is 1.52. The van der Waals surface area contributed by atoms with Gasteiger partial charge in [0, 0.05) is 12.6 Å². The van der Waals surface area contributed by atoms with Crippen LogP contribution in [0.4, 0.5) is 0 Å². The monoisotopic (exact) mass is 519 g/mol. The summed E-state index contributed by atoms with van der Waals surface area (Å²) in [7, 11) is -6.34. The number of rotatable bonds is 7. The van der Waals surface area contributed by atoms with Crippen molar-refractivity contribution < 1.29 is 12.8 Å². The van der Waals surface area contributed by atoms with E-state index in [4.69, 9.17) is 4.43 Å². The highest BCUT2D eigenvalue weighted by Crippen LogP contribution is 2.49. The quantitative estimate of drug-likeness (QED) is 0.414. The number of nitrogens with zero attached hydrogens (tertiary/aromatic N) is 1. The number of hydrogen-bond acceptors (Lipinski definition) is 3. The minimum absolute atomic E-state index is 0.146.